The first kappa shape index (κ1) is 20.3. The molecule has 1 N–H and O–H groups in total. The summed E-state index contributed by atoms with van der Waals surface area (Å²) in [5.74, 6) is -0.373. The number of hydrogen-bond acceptors (Lipinski definition) is 6. The molecular formula is C18H20FN3O5S. The summed E-state index contributed by atoms with van der Waals surface area (Å²) >= 11 is 0. The molecule has 1 saturated heterocycles. The van der Waals surface area contributed by atoms with Crippen LogP contribution in [0.25, 0.3) is 0 Å². The standard InChI is InChI=1S/C18H20FN3O5S/c19-15-6-4-14(5-7-15)18(21-8-10-27-11-9-21)13-20-28(25,26)17-3-1-2-16(12-17)22(23)24/h1-7,12,18,20H,8-11,13H2. The van der Waals surface area contributed by atoms with Crippen LogP contribution < -0.4 is 4.72 Å². The van der Waals surface area contributed by atoms with Crippen molar-refractivity contribution in [2.24, 2.45) is 0 Å². The van der Waals surface area contributed by atoms with Crippen LogP contribution in [0.4, 0.5) is 10.1 Å². The first-order valence-electron chi connectivity index (χ1n) is 8.68. The molecule has 1 unspecified atom stereocenters. The number of halogens is 1. The Balaban J connectivity index is 1.81. The van der Waals surface area contributed by atoms with E-state index in [0.29, 0.717) is 26.3 Å². The van der Waals surface area contributed by atoms with Gasteiger partial charge in [0.2, 0.25) is 10.0 Å². The first-order chi connectivity index (χ1) is 13.4. The molecule has 1 aliphatic rings. The van der Waals surface area contributed by atoms with Gasteiger partial charge in [-0.25, -0.2) is 17.5 Å². The van der Waals surface area contributed by atoms with E-state index in [1.165, 1.54) is 30.3 Å². The Labute approximate surface area is 162 Å². The van der Waals surface area contributed by atoms with E-state index in [9.17, 15) is 22.9 Å². The van der Waals surface area contributed by atoms with E-state index in [1.54, 1.807) is 12.1 Å². The molecule has 0 spiro atoms. The summed E-state index contributed by atoms with van der Waals surface area (Å²) in [4.78, 5) is 12.1. The van der Waals surface area contributed by atoms with Crippen molar-refractivity contribution < 1.29 is 22.5 Å². The van der Waals surface area contributed by atoms with Crippen molar-refractivity contribution in [1.82, 2.24) is 9.62 Å². The minimum absolute atomic E-state index is 0.0384. The lowest BCUT2D eigenvalue weighted by Crippen LogP contribution is -2.43. The van der Waals surface area contributed by atoms with Crippen molar-refractivity contribution in [3.63, 3.8) is 0 Å². The summed E-state index contributed by atoms with van der Waals surface area (Å²) in [6.45, 7) is 2.31. The van der Waals surface area contributed by atoms with Gasteiger partial charge in [-0.1, -0.05) is 18.2 Å². The van der Waals surface area contributed by atoms with E-state index < -0.39 is 14.9 Å². The van der Waals surface area contributed by atoms with Crippen LogP contribution in [0.2, 0.25) is 0 Å². The molecule has 10 heteroatoms. The maximum Gasteiger partial charge on any atom is 0.270 e. The van der Waals surface area contributed by atoms with Gasteiger partial charge in [0.15, 0.2) is 0 Å². The maximum atomic E-state index is 13.3. The average molecular weight is 409 g/mol. The molecule has 0 saturated carbocycles. The Hall–Kier alpha value is -2.40. The topological polar surface area (TPSA) is 102 Å². The smallest absolute Gasteiger partial charge is 0.270 e. The Kier molecular flexibility index (Phi) is 6.35. The Morgan fingerprint density at radius 3 is 2.50 bits per heavy atom. The number of nitrogens with zero attached hydrogens (tertiary/aromatic N) is 2. The van der Waals surface area contributed by atoms with E-state index in [0.717, 1.165) is 11.6 Å². The fourth-order valence-electron chi connectivity index (χ4n) is 3.07. The number of nitro groups is 1. The highest BCUT2D eigenvalue weighted by Crippen LogP contribution is 2.23. The second kappa shape index (κ2) is 8.74. The zero-order valence-electron chi connectivity index (χ0n) is 15.0. The number of morpholine rings is 1. The molecule has 0 bridgehead atoms. The number of hydrogen-bond donors (Lipinski definition) is 1. The number of nitro benzene ring substituents is 1. The minimum Gasteiger partial charge on any atom is -0.379 e. The summed E-state index contributed by atoms with van der Waals surface area (Å²) in [5.41, 5.74) is 0.469. The van der Waals surface area contributed by atoms with Crippen molar-refractivity contribution >= 4 is 15.7 Å². The van der Waals surface area contributed by atoms with Gasteiger partial charge in [-0.3, -0.25) is 15.0 Å². The molecule has 2 aromatic rings. The monoisotopic (exact) mass is 409 g/mol. The van der Waals surface area contributed by atoms with Crippen molar-refractivity contribution in [3.8, 4) is 0 Å². The van der Waals surface area contributed by atoms with E-state index in [4.69, 9.17) is 4.74 Å². The van der Waals surface area contributed by atoms with Gasteiger partial charge >= 0.3 is 0 Å². The second-order valence-electron chi connectivity index (χ2n) is 6.32. The Morgan fingerprint density at radius 1 is 1.18 bits per heavy atom. The molecule has 1 atom stereocenters. The van der Waals surface area contributed by atoms with Gasteiger partial charge in [0.1, 0.15) is 5.82 Å². The summed E-state index contributed by atoms with van der Waals surface area (Å²) < 4.78 is 46.5. The van der Waals surface area contributed by atoms with Crippen LogP contribution >= 0.6 is 0 Å². The van der Waals surface area contributed by atoms with Crippen molar-refractivity contribution in [1.29, 1.82) is 0 Å². The molecule has 1 heterocycles. The molecule has 2 aromatic carbocycles. The average Bonchev–Trinajstić information content (AvgIpc) is 2.70. The van der Waals surface area contributed by atoms with E-state index in [2.05, 4.69) is 9.62 Å². The van der Waals surface area contributed by atoms with Crippen LogP contribution in [0.5, 0.6) is 0 Å². The highest BCUT2D eigenvalue weighted by atomic mass is 32.2. The third kappa shape index (κ3) is 4.90. The van der Waals surface area contributed by atoms with Crippen LogP contribution in [0.3, 0.4) is 0 Å². The molecule has 0 aromatic heterocycles. The minimum atomic E-state index is -3.95. The number of rotatable bonds is 7. The van der Waals surface area contributed by atoms with Crippen LogP contribution in [-0.4, -0.2) is 51.1 Å². The summed E-state index contributed by atoms with van der Waals surface area (Å²) in [6.07, 6.45) is 0. The molecule has 28 heavy (non-hydrogen) atoms. The number of ether oxygens (including phenoxy) is 1. The lowest BCUT2D eigenvalue weighted by molar-refractivity contribution is -0.385. The predicted octanol–water partition coefficient (Wildman–Crippen LogP) is 2.09. The van der Waals surface area contributed by atoms with Gasteiger partial charge in [-0.05, 0) is 23.8 Å². The zero-order chi connectivity index (χ0) is 20.1. The normalized spacial score (nSPS) is 16.6. The summed E-state index contributed by atoms with van der Waals surface area (Å²) in [5, 5.41) is 10.9. The Bertz CT molecular complexity index is 930. The lowest BCUT2D eigenvalue weighted by atomic mass is 10.0. The van der Waals surface area contributed by atoms with Crippen LogP contribution in [0, 0.1) is 15.9 Å². The van der Waals surface area contributed by atoms with Gasteiger partial charge in [0, 0.05) is 37.8 Å². The van der Waals surface area contributed by atoms with Crippen LogP contribution in [-0.2, 0) is 14.8 Å². The fraction of sp³-hybridized carbons (Fsp3) is 0.333. The summed E-state index contributed by atoms with van der Waals surface area (Å²) in [7, 11) is -3.95. The molecule has 8 nitrogen and oxygen atoms in total. The van der Waals surface area contributed by atoms with Gasteiger partial charge in [-0.15, -0.1) is 0 Å². The van der Waals surface area contributed by atoms with Gasteiger partial charge < -0.3 is 4.74 Å². The van der Waals surface area contributed by atoms with Gasteiger partial charge in [0.05, 0.1) is 23.0 Å². The third-order valence-electron chi connectivity index (χ3n) is 4.55. The molecule has 3 rings (SSSR count). The zero-order valence-corrected chi connectivity index (χ0v) is 15.8. The highest BCUT2D eigenvalue weighted by Gasteiger charge is 2.25. The molecule has 1 fully saturated rings. The molecular weight excluding hydrogens is 389 g/mol. The highest BCUT2D eigenvalue weighted by molar-refractivity contribution is 7.89. The predicted molar refractivity (Wildman–Crippen MR) is 99.8 cm³/mol. The Morgan fingerprint density at radius 2 is 1.86 bits per heavy atom. The lowest BCUT2D eigenvalue weighted by Gasteiger charge is -2.34. The van der Waals surface area contributed by atoms with Crippen LogP contribution in [0.15, 0.2) is 53.4 Å². The van der Waals surface area contributed by atoms with Crippen LogP contribution in [0.1, 0.15) is 11.6 Å². The number of nitrogens with one attached hydrogen (secondary N) is 1. The number of sulfonamides is 1. The molecule has 0 aliphatic carbocycles. The van der Waals surface area contributed by atoms with Crippen molar-refractivity contribution in [2.75, 3.05) is 32.8 Å². The third-order valence-corrected chi connectivity index (χ3v) is 5.97. The molecule has 0 radical (unpaired) electrons. The largest absolute Gasteiger partial charge is 0.379 e. The second-order valence-corrected chi connectivity index (χ2v) is 8.09. The quantitative estimate of drug-likeness (QED) is 0.555. The van der Waals surface area contributed by atoms with E-state index in [1.807, 2.05) is 0 Å². The molecule has 1 aliphatic heterocycles. The van der Waals surface area contributed by atoms with Crippen molar-refractivity contribution in [3.05, 3.63) is 70.0 Å². The molecule has 150 valence electrons. The number of non-ortho nitro benzene ring substituents is 1. The fourth-order valence-corrected chi connectivity index (χ4v) is 4.15. The number of benzene rings is 2. The SMILES string of the molecule is O=[N+]([O-])c1cccc(S(=O)(=O)NCC(c2ccc(F)cc2)N2CCOCC2)c1. The first-order valence-corrected chi connectivity index (χ1v) is 10.2. The van der Waals surface area contributed by atoms with Gasteiger partial charge in [-0.2, -0.15) is 0 Å². The summed E-state index contributed by atoms with van der Waals surface area (Å²) in [6, 6.07) is 10.5. The van der Waals surface area contributed by atoms with Gasteiger partial charge in [0.25, 0.3) is 5.69 Å². The van der Waals surface area contributed by atoms with E-state index >= 15 is 0 Å². The van der Waals surface area contributed by atoms with E-state index in [-0.39, 0.29) is 29.0 Å². The van der Waals surface area contributed by atoms with Crippen molar-refractivity contribution in [2.45, 2.75) is 10.9 Å². The molecule has 0 amide bonds. The maximum absolute atomic E-state index is 13.3.